The number of imidazole rings is 2. The number of methoxy groups -OCH3 is 3. The highest BCUT2D eigenvalue weighted by atomic mass is 16.5. The number of ether oxygens (including phenoxy) is 3. The van der Waals surface area contributed by atoms with Crippen molar-refractivity contribution in [3.63, 3.8) is 0 Å². The van der Waals surface area contributed by atoms with E-state index in [9.17, 15) is 19.2 Å². The van der Waals surface area contributed by atoms with Crippen molar-refractivity contribution >= 4 is 67.6 Å². The molecule has 15 nitrogen and oxygen atoms in total. The molecule has 1 saturated carbocycles. The molecule has 15 heteroatoms. The number of nitrogens with zero attached hydrogens (tertiary/aromatic N) is 4. The summed E-state index contributed by atoms with van der Waals surface area (Å²) in [5.74, 6) is 1.81. The average Bonchev–Trinajstić information content (AvgIpc) is 3.94. The zero-order valence-corrected chi connectivity index (χ0v) is 37.8. The van der Waals surface area contributed by atoms with Gasteiger partial charge in [0, 0.05) is 36.4 Å². The van der Waals surface area contributed by atoms with Gasteiger partial charge in [0.15, 0.2) is 0 Å². The summed E-state index contributed by atoms with van der Waals surface area (Å²) < 4.78 is 15.3. The van der Waals surface area contributed by atoms with Crippen LogP contribution in [0.1, 0.15) is 69.0 Å². The molecule has 3 fully saturated rings. The van der Waals surface area contributed by atoms with E-state index >= 15 is 0 Å². The van der Waals surface area contributed by atoms with Gasteiger partial charge in [0.25, 0.3) is 5.91 Å². The number of carbonyl (C=O) groups is 4. The predicted molar refractivity (Wildman–Crippen MR) is 250 cm³/mol. The van der Waals surface area contributed by atoms with E-state index in [-0.39, 0.29) is 41.8 Å². The number of likely N-dealkylation sites (tertiary alicyclic amines) is 2. The quantitative estimate of drug-likeness (QED) is 0.0992. The molecule has 2 aromatic heterocycles. The molecule has 1 unspecified atom stereocenters. The number of alkyl carbamates (subject to hydrolysis) is 2. The number of fused-ring (bicyclic) bond motifs is 7. The van der Waals surface area contributed by atoms with E-state index in [0.717, 1.165) is 67.0 Å². The second-order valence-corrected chi connectivity index (χ2v) is 18.5. The van der Waals surface area contributed by atoms with Gasteiger partial charge in [-0.2, -0.15) is 0 Å². The van der Waals surface area contributed by atoms with Crippen molar-refractivity contribution in [3.05, 3.63) is 108 Å². The molecule has 0 bridgehead atoms. The molecule has 8 atom stereocenters. The van der Waals surface area contributed by atoms with Gasteiger partial charge in [0.1, 0.15) is 23.7 Å². The highest BCUT2D eigenvalue weighted by Gasteiger charge is 2.61. The smallest absolute Gasteiger partial charge is 0.407 e. The molecule has 2 aliphatic heterocycles. The Morgan fingerprint density at radius 3 is 1.89 bits per heavy atom. The Morgan fingerprint density at radius 1 is 0.727 bits per heavy atom. The lowest BCUT2D eigenvalue weighted by atomic mass is 9.98. The number of aromatic nitrogens is 4. The van der Waals surface area contributed by atoms with E-state index in [1.165, 1.54) is 14.2 Å². The van der Waals surface area contributed by atoms with Crippen LogP contribution < -0.4 is 10.6 Å². The average molecular weight is 891 g/mol. The summed E-state index contributed by atoms with van der Waals surface area (Å²) in [4.78, 5) is 74.4. The first-order chi connectivity index (χ1) is 32.0. The van der Waals surface area contributed by atoms with Crippen LogP contribution in [0.3, 0.4) is 0 Å². The van der Waals surface area contributed by atoms with E-state index in [2.05, 4.69) is 82.1 Å². The van der Waals surface area contributed by atoms with Gasteiger partial charge in [-0.05, 0) is 82.3 Å². The van der Waals surface area contributed by atoms with Gasteiger partial charge in [-0.25, -0.2) is 19.6 Å². The first-order valence-corrected chi connectivity index (χ1v) is 22.7. The minimum absolute atomic E-state index is 0.0720. The molecule has 1 aliphatic carbocycles. The van der Waals surface area contributed by atoms with Crippen LogP contribution in [0.4, 0.5) is 9.59 Å². The minimum atomic E-state index is -0.944. The third-order valence-electron chi connectivity index (χ3n) is 14.1. The van der Waals surface area contributed by atoms with E-state index in [1.54, 1.807) is 12.0 Å². The van der Waals surface area contributed by atoms with Crippen molar-refractivity contribution < 1.29 is 33.4 Å². The Kier molecular flexibility index (Phi) is 11.1. The van der Waals surface area contributed by atoms with Crippen LogP contribution in [-0.4, -0.2) is 100 Å². The molecule has 4 heterocycles. The molecule has 66 heavy (non-hydrogen) atoms. The van der Waals surface area contributed by atoms with Crippen molar-refractivity contribution in [2.45, 2.75) is 63.8 Å². The molecule has 3 aliphatic rings. The Morgan fingerprint density at radius 2 is 1.32 bits per heavy atom. The number of rotatable bonds is 11. The first-order valence-electron chi connectivity index (χ1n) is 22.7. The lowest BCUT2D eigenvalue weighted by Gasteiger charge is -2.32. The van der Waals surface area contributed by atoms with Crippen LogP contribution in [0.15, 0.2) is 91.0 Å². The second-order valence-electron chi connectivity index (χ2n) is 18.5. The summed E-state index contributed by atoms with van der Waals surface area (Å²) in [6.07, 6.45) is 0.147. The Bertz CT molecular complexity index is 3020. The van der Waals surface area contributed by atoms with Crippen LogP contribution in [0.5, 0.6) is 0 Å². The minimum Gasteiger partial charge on any atom is -0.453 e. The van der Waals surface area contributed by atoms with Crippen molar-refractivity contribution in [3.8, 4) is 11.1 Å². The molecule has 7 aromatic rings. The molecular weight excluding hydrogens is 837 g/mol. The number of amides is 4. The predicted octanol–water partition coefficient (Wildman–Crippen LogP) is 8.33. The fraction of sp³-hybridized carbons (Fsp3) is 0.373. The molecule has 4 N–H and O–H groups in total. The molecular formula is C51H54N8O7. The summed E-state index contributed by atoms with van der Waals surface area (Å²) in [6.45, 7) is 6.96. The van der Waals surface area contributed by atoms with Gasteiger partial charge in [0.05, 0.1) is 55.0 Å². The van der Waals surface area contributed by atoms with Crippen molar-refractivity contribution in [2.75, 3.05) is 34.5 Å². The summed E-state index contributed by atoms with van der Waals surface area (Å²) in [7, 11) is 4.25. The fourth-order valence-corrected chi connectivity index (χ4v) is 10.7. The van der Waals surface area contributed by atoms with Gasteiger partial charge >= 0.3 is 12.2 Å². The SMILES string of the molecule is COC[C@H]1CC(c2nc3c(ccc4cc(-c5ccc6c(ccc7[nH]c([C@@H]8C[C@H]9[C@@H](C)[C@H]9N8C(=O)[C@@H](NC(=O)OC)C(C)C)nc76)c5)ccc43)[nH]2)N(C(=O)[C@H](NC(=O)OC)c2ccccc2)C1. The molecule has 10 rings (SSSR count). The number of aromatic amines is 2. The maximum Gasteiger partial charge on any atom is 0.407 e. The standard InChI is InChI=1S/C51H54N8O7/c1-26(2)41(56-50(62)65-5)49(61)59-40(23-36-27(3)45(36)59)47-53-38-19-15-33-22-31(13-17-35(33)44(38)55-47)30-12-16-34-32(21-30)14-18-37-43(34)54-46(52-37)39-20-28(25-64-4)24-58(39)48(60)42(57-51(63)66-6)29-10-8-7-9-11-29/h7-19,21-22,26-28,36,39-42,45H,20,23-25H2,1-6H3,(H,52,54)(H,53,55)(H,56,62)(H,57,63)/t27-,28+,36+,39?,40+,41+,42-,45-/m1/s1. The Balaban J connectivity index is 0.929. The zero-order chi connectivity index (χ0) is 46.0. The normalized spacial score (nSPS) is 22.2. The maximum absolute atomic E-state index is 14.4. The zero-order valence-electron chi connectivity index (χ0n) is 37.8. The topological polar surface area (TPSA) is 184 Å². The highest BCUT2D eigenvalue weighted by Crippen LogP contribution is 2.57. The first kappa shape index (κ1) is 42.9. The Hall–Kier alpha value is -7.00. The molecule has 4 amide bonds. The maximum atomic E-state index is 14.4. The van der Waals surface area contributed by atoms with Crippen LogP contribution in [0.25, 0.3) is 54.7 Å². The van der Waals surface area contributed by atoms with Crippen LogP contribution in [0.2, 0.25) is 0 Å². The number of benzene rings is 5. The number of nitrogens with one attached hydrogen (secondary N) is 4. The third-order valence-corrected chi connectivity index (χ3v) is 14.1. The summed E-state index contributed by atoms with van der Waals surface area (Å²) in [5, 5.41) is 9.59. The molecule has 0 spiro atoms. The number of piperidine rings is 1. The van der Waals surface area contributed by atoms with E-state index in [1.807, 2.05) is 55.1 Å². The van der Waals surface area contributed by atoms with Gasteiger partial charge in [0.2, 0.25) is 5.91 Å². The second kappa shape index (κ2) is 17.1. The summed E-state index contributed by atoms with van der Waals surface area (Å²) >= 11 is 0. The lowest BCUT2D eigenvalue weighted by Crippen LogP contribution is -2.52. The molecule has 340 valence electrons. The number of carbonyl (C=O) groups excluding carboxylic acids is 4. The van der Waals surface area contributed by atoms with E-state index < -0.39 is 24.3 Å². The van der Waals surface area contributed by atoms with Crippen LogP contribution in [0, 0.1) is 23.7 Å². The highest BCUT2D eigenvalue weighted by molar-refractivity contribution is 6.07. The number of H-pyrrole nitrogens is 2. The molecule has 2 saturated heterocycles. The van der Waals surface area contributed by atoms with Crippen molar-refractivity contribution in [1.29, 1.82) is 0 Å². The molecule has 0 radical (unpaired) electrons. The Labute approximate surface area is 381 Å². The van der Waals surface area contributed by atoms with Gasteiger partial charge in [-0.1, -0.05) is 87.5 Å². The lowest BCUT2D eigenvalue weighted by molar-refractivity contribution is -0.137. The van der Waals surface area contributed by atoms with E-state index in [4.69, 9.17) is 24.2 Å². The summed E-state index contributed by atoms with van der Waals surface area (Å²) in [6, 6.07) is 28.1. The van der Waals surface area contributed by atoms with Crippen LogP contribution in [-0.2, 0) is 23.8 Å². The summed E-state index contributed by atoms with van der Waals surface area (Å²) in [5.41, 5.74) is 6.19. The van der Waals surface area contributed by atoms with Crippen molar-refractivity contribution in [2.24, 2.45) is 23.7 Å². The van der Waals surface area contributed by atoms with Gasteiger partial charge in [-0.3, -0.25) is 9.59 Å². The number of hydrogen-bond acceptors (Lipinski definition) is 9. The molecule has 5 aromatic carbocycles. The third kappa shape index (κ3) is 7.54. The van der Waals surface area contributed by atoms with Crippen molar-refractivity contribution in [1.82, 2.24) is 40.4 Å². The van der Waals surface area contributed by atoms with Crippen LogP contribution >= 0.6 is 0 Å². The monoisotopic (exact) mass is 890 g/mol. The van der Waals surface area contributed by atoms with E-state index in [0.29, 0.717) is 42.8 Å². The number of hydrogen-bond donors (Lipinski definition) is 4. The fourth-order valence-electron chi connectivity index (χ4n) is 10.7. The van der Waals surface area contributed by atoms with Gasteiger partial charge in [-0.15, -0.1) is 0 Å². The largest absolute Gasteiger partial charge is 0.453 e. The van der Waals surface area contributed by atoms with Gasteiger partial charge < -0.3 is 44.6 Å².